The van der Waals surface area contributed by atoms with Gasteiger partial charge in [0.1, 0.15) is 10.6 Å². The van der Waals surface area contributed by atoms with Gasteiger partial charge in [0, 0.05) is 7.11 Å². The number of hydrogen-bond donors (Lipinski definition) is 1. The van der Waals surface area contributed by atoms with Gasteiger partial charge in [-0.1, -0.05) is 0 Å². The van der Waals surface area contributed by atoms with Crippen molar-refractivity contribution in [1.29, 1.82) is 0 Å². The fraction of sp³-hybridized carbons (Fsp3) is 0.500. The molecule has 0 heterocycles. The molecule has 7 heteroatoms. The Morgan fingerprint density at radius 1 is 1.29 bits per heavy atom. The fourth-order valence-corrected chi connectivity index (χ4v) is 3.39. The number of carbonyl (C=O) groups is 1. The Kier molecular flexibility index (Phi) is 5.36. The van der Waals surface area contributed by atoms with Crippen LogP contribution in [0.15, 0.2) is 23.1 Å². The molecule has 0 aliphatic carbocycles. The Morgan fingerprint density at radius 3 is 2.38 bits per heavy atom. The van der Waals surface area contributed by atoms with Crippen molar-refractivity contribution in [2.75, 3.05) is 20.0 Å². The minimum atomic E-state index is -3.67. The highest BCUT2D eigenvalue weighted by Crippen LogP contribution is 2.28. The first-order valence-electron chi connectivity index (χ1n) is 6.32. The number of ether oxygens (including phenoxy) is 2. The molecule has 0 saturated heterocycles. The van der Waals surface area contributed by atoms with Gasteiger partial charge >= 0.3 is 5.97 Å². The molecule has 6 nitrogen and oxygen atoms in total. The molecular formula is C14H20O6S. The summed E-state index contributed by atoms with van der Waals surface area (Å²) in [5.74, 6) is -1.21. The Bertz CT molecular complexity index is 618. The van der Waals surface area contributed by atoms with E-state index in [-0.39, 0.29) is 28.4 Å². The van der Waals surface area contributed by atoms with Crippen molar-refractivity contribution in [2.45, 2.75) is 30.8 Å². The van der Waals surface area contributed by atoms with E-state index < -0.39 is 21.4 Å². The van der Waals surface area contributed by atoms with Crippen LogP contribution in [0, 0.1) is 0 Å². The van der Waals surface area contributed by atoms with Gasteiger partial charge in [-0.15, -0.1) is 0 Å². The van der Waals surface area contributed by atoms with E-state index in [2.05, 4.69) is 0 Å². The van der Waals surface area contributed by atoms with Crippen molar-refractivity contribution in [2.24, 2.45) is 0 Å². The number of carboxylic acid groups (broad SMARTS) is 1. The van der Waals surface area contributed by atoms with Crippen LogP contribution in [0.25, 0.3) is 0 Å². The Labute approximate surface area is 124 Å². The first kappa shape index (κ1) is 17.5. The topological polar surface area (TPSA) is 89.9 Å². The summed E-state index contributed by atoms with van der Waals surface area (Å²) in [6.07, 6.45) is 0.284. The standard InChI is InChI=1S/C14H20O6S/c1-14(2,20-4)7-8-21(17,18)12-9-10(13(15)16)5-6-11(12)19-3/h5-6,9H,7-8H2,1-4H3,(H,15,16). The van der Waals surface area contributed by atoms with E-state index in [0.29, 0.717) is 0 Å². The number of methoxy groups -OCH3 is 2. The number of aromatic carboxylic acids is 1. The van der Waals surface area contributed by atoms with E-state index in [1.807, 2.05) is 0 Å². The molecule has 1 N–H and O–H groups in total. The third kappa shape index (κ3) is 4.44. The van der Waals surface area contributed by atoms with E-state index in [9.17, 15) is 13.2 Å². The van der Waals surface area contributed by atoms with E-state index >= 15 is 0 Å². The highest BCUT2D eigenvalue weighted by Gasteiger charge is 2.26. The second kappa shape index (κ2) is 6.44. The van der Waals surface area contributed by atoms with Crippen LogP contribution < -0.4 is 4.74 Å². The van der Waals surface area contributed by atoms with Gasteiger partial charge in [-0.2, -0.15) is 0 Å². The predicted octanol–water partition coefficient (Wildman–Crippen LogP) is 1.98. The van der Waals surface area contributed by atoms with Crippen molar-refractivity contribution in [3.63, 3.8) is 0 Å². The van der Waals surface area contributed by atoms with Crippen molar-refractivity contribution in [3.05, 3.63) is 23.8 Å². The number of carboxylic acids is 1. The Balaban J connectivity index is 3.17. The lowest BCUT2D eigenvalue weighted by atomic mass is 10.1. The number of benzene rings is 1. The summed E-state index contributed by atoms with van der Waals surface area (Å²) >= 11 is 0. The molecule has 0 atom stereocenters. The minimum absolute atomic E-state index is 0.0969. The summed E-state index contributed by atoms with van der Waals surface area (Å²) in [6, 6.07) is 3.77. The van der Waals surface area contributed by atoms with Crippen molar-refractivity contribution in [3.8, 4) is 5.75 Å². The molecule has 0 radical (unpaired) electrons. The molecule has 0 aliphatic rings. The first-order chi connectivity index (χ1) is 9.63. The Hall–Kier alpha value is -1.60. The lowest BCUT2D eigenvalue weighted by Gasteiger charge is -2.22. The van der Waals surface area contributed by atoms with Crippen molar-refractivity contribution >= 4 is 15.8 Å². The van der Waals surface area contributed by atoms with Crippen molar-refractivity contribution in [1.82, 2.24) is 0 Å². The van der Waals surface area contributed by atoms with E-state index in [1.54, 1.807) is 13.8 Å². The zero-order valence-corrected chi connectivity index (χ0v) is 13.4. The molecule has 0 aliphatic heterocycles. The summed E-state index contributed by atoms with van der Waals surface area (Å²) < 4.78 is 35.1. The number of sulfone groups is 1. The van der Waals surface area contributed by atoms with Crippen molar-refractivity contribution < 1.29 is 27.8 Å². The van der Waals surface area contributed by atoms with Crippen LogP contribution in [-0.4, -0.2) is 45.1 Å². The molecule has 1 aromatic carbocycles. The normalized spacial score (nSPS) is 12.2. The van der Waals surface area contributed by atoms with Crippen LogP contribution in [0.5, 0.6) is 5.75 Å². The van der Waals surface area contributed by atoms with Gasteiger partial charge in [0.05, 0.1) is 24.0 Å². The van der Waals surface area contributed by atoms with Gasteiger partial charge in [0.2, 0.25) is 0 Å². The molecule has 1 rings (SSSR count). The van der Waals surface area contributed by atoms with Crippen LogP contribution in [0.4, 0.5) is 0 Å². The maximum atomic E-state index is 12.4. The van der Waals surface area contributed by atoms with Crippen LogP contribution in [-0.2, 0) is 14.6 Å². The van der Waals surface area contributed by atoms with Gasteiger partial charge in [-0.05, 0) is 38.5 Å². The van der Waals surface area contributed by atoms with Gasteiger partial charge in [0.25, 0.3) is 0 Å². The lowest BCUT2D eigenvalue weighted by molar-refractivity contribution is 0.0203. The molecule has 0 fully saturated rings. The molecule has 0 unspecified atom stereocenters. The van der Waals surface area contributed by atoms with E-state index in [1.165, 1.54) is 26.4 Å². The zero-order chi connectivity index (χ0) is 16.3. The smallest absolute Gasteiger partial charge is 0.335 e. The van der Waals surface area contributed by atoms with Gasteiger partial charge in [-0.25, -0.2) is 13.2 Å². The highest BCUT2D eigenvalue weighted by molar-refractivity contribution is 7.91. The van der Waals surface area contributed by atoms with Gasteiger partial charge in [-0.3, -0.25) is 0 Å². The van der Waals surface area contributed by atoms with Crippen LogP contribution in [0.2, 0.25) is 0 Å². The summed E-state index contributed by atoms with van der Waals surface area (Å²) in [6.45, 7) is 3.57. The second-order valence-electron chi connectivity index (χ2n) is 5.20. The molecule has 0 saturated carbocycles. The first-order valence-corrected chi connectivity index (χ1v) is 7.97. The van der Waals surface area contributed by atoms with Crippen LogP contribution in [0.1, 0.15) is 30.6 Å². The molecule has 0 spiro atoms. The predicted molar refractivity (Wildman–Crippen MR) is 77.7 cm³/mol. The molecular weight excluding hydrogens is 296 g/mol. The van der Waals surface area contributed by atoms with E-state index in [0.717, 1.165) is 6.07 Å². The molecule has 118 valence electrons. The molecule has 0 aromatic heterocycles. The third-order valence-electron chi connectivity index (χ3n) is 3.27. The molecule has 21 heavy (non-hydrogen) atoms. The lowest BCUT2D eigenvalue weighted by Crippen LogP contribution is -2.26. The maximum Gasteiger partial charge on any atom is 0.335 e. The SMILES string of the molecule is COc1ccc(C(=O)O)cc1S(=O)(=O)CCC(C)(C)OC. The quantitative estimate of drug-likeness (QED) is 0.827. The average molecular weight is 316 g/mol. The Morgan fingerprint density at radius 2 is 1.90 bits per heavy atom. The zero-order valence-electron chi connectivity index (χ0n) is 12.5. The minimum Gasteiger partial charge on any atom is -0.495 e. The van der Waals surface area contributed by atoms with Gasteiger partial charge < -0.3 is 14.6 Å². The van der Waals surface area contributed by atoms with Crippen LogP contribution in [0.3, 0.4) is 0 Å². The third-order valence-corrected chi connectivity index (χ3v) is 5.00. The van der Waals surface area contributed by atoms with Gasteiger partial charge in [0.15, 0.2) is 9.84 Å². The maximum absolute atomic E-state index is 12.4. The monoisotopic (exact) mass is 316 g/mol. The summed E-state index contributed by atoms with van der Waals surface area (Å²) in [4.78, 5) is 10.9. The summed E-state index contributed by atoms with van der Waals surface area (Å²) in [5, 5.41) is 8.98. The summed E-state index contributed by atoms with van der Waals surface area (Å²) in [5.41, 5.74) is -0.676. The van der Waals surface area contributed by atoms with E-state index in [4.69, 9.17) is 14.6 Å². The molecule has 0 amide bonds. The van der Waals surface area contributed by atoms with Crippen LogP contribution >= 0.6 is 0 Å². The highest BCUT2D eigenvalue weighted by atomic mass is 32.2. The summed E-state index contributed by atoms with van der Waals surface area (Å²) in [7, 11) is -0.817. The molecule has 1 aromatic rings. The average Bonchev–Trinajstić information content (AvgIpc) is 2.44. The molecule has 0 bridgehead atoms. The second-order valence-corrected chi connectivity index (χ2v) is 7.28. The fourth-order valence-electron chi connectivity index (χ4n) is 1.64. The number of rotatable bonds is 7. The largest absolute Gasteiger partial charge is 0.495 e. The number of hydrogen-bond acceptors (Lipinski definition) is 5.